The third kappa shape index (κ3) is 5.25. The average Bonchev–Trinajstić information content (AvgIpc) is 2.82. The van der Waals surface area contributed by atoms with Crippen molar-refractivity contribution in [1.29, 1.82) is 0 Å². The summed E-state index contributed by atoms with van der Waals surface area (Å²) in [6.07, 6.45) is 2.01. The van der Waals surface area contributed by atoms with Crippen LogP contribution in [0.4, 0.5) is 14.5 Å². The SMILES string of the molecule is CC[C@H](Sc1nc2ncccc2c(=O)n1Cc1ccc(F)cc1)C(=O)Nc1ccc(F)cc1. The van der Waals surface area contributed by atoms with Crippen molar-refractivity contribution < 1.29 is 13.6 Å². The van der Waals surface area contributed by atoms with Gasteiger partial charge in [-0.05, 0) is 60.5 Å². The fraction of sp³-hybridized carbons (Fsp3) is 0.167. The summed E-state index contributed by atoms with van der Waals surface area (Å²) >= 11 is 1.15. The number of fused-ring (bicyclic) bond motifs is 1. The molecule has 0 aliphatic carbocycles. The van der Waals surface area contributed by atoms with Gasteiger partial charge in [-0.3, -0.25) is 14.2 Å². The molecule has 0 fully saturated rings. The number of halogens is 2. The first-order valence-electron chi connectivity index (χ1n) is 10.3. The van der Waals surface area contributed by atoms with Crippen LogP contribution in [0.25, 0.3) is 11.0 Å². The van der Waals surface area contributed by atoms with Crippen molar-refractivity contribution in [2.45, 2.75) is 30.3 Å². The lowest BCUT2D eigenvalue weighted by atomic mass is 10.2. The molecule has 0 spiro atoms. The van der Waals surface area contributed by atoms with E-state index in [9.17, 15) is 18.4 Å². The molecule has 9 heteroatoms. The van der Waals surface area contributed by atoms with E-state index in [1.165, 1.54) is 41.0 Å². The normalized spacial score (nSPS) is 12.0. The van der Waals surface area contributed by atoms with Gasteiger partial charge in [0.1, 0.15) is 11.6 Å². The first kappa shape index (κ1) is 22.6. The minimum atomic E-state index is -0.567. The molecule has 0 aliphatic heterocycles. The molecule has 2 heterocycles. The molecule has 0 radical (unpaired) electrons. The third-order valence-corrected chi connectivity index (χ3v) is 6.33. The van der Waals surface area contributed by atoms with Gasteiger partial charge in [-0.15, -0.1) is 0 Å². The quantitative estimate of drug-likeness (QED) is 0.318. The summed E-state index contributed by atoms with van der Waals surface area (Å²) in [5, 5.41) is 2.89. The van der Waals surface area contributed by atoms with Crippen LogP contribution in [-0.2, 0) is 11.3 Å². The Hall–Kier alpha value is -3.59. The Labute approximate surface area is 192 Å². The van der Waals surface area contributed by atoms with Gasteiger partial charge in [-0.25, -0.2) is 18.7 Å². The van der Waals surface area contributed by atoms with E-state index in [0.29, 0.717) is 28.2 Å². The molecule has 33 heavy (non-hydrogen) atoms. The Morgan fingerprint density at radius 3 is 2.39 bits per heavy atom. The number of anilines is 1. The number of nitrogens with one attached hydrogen (secondary N) is 1. The Morgan fingerprint density at radius 2 is 1.73 bits per heavy atom. The molecule has 0 aliphatic rings. The first-order chi connectivity index (χ1) is 15.9. The highest BCUT2D eigenvalue weighted by atomic mass is 32.2. The zero-order chi connectivity index (χ0) is 23.4. The molecule has 2 aromatic carbocycles. The van der Waals surface area contributed by atoms with Crippen LogP contribution in [-0.4, -0.2) is 25.7 Å². The van der Waals surface area contributed by atoms with E-state index in [1.54, 1.807) is 30.5 Å². The van der Waals surface area contributed by atoms with E-state index >= 15 is 0 Å². The summed E-state index contributed by atoms with van der Waals surface area (Å²) in [6.45, 7) is 2.01. The Morgan fingerprint density at radius 1 is 1.06 bits per heavy atom. The van der Waals surface area contributed by atoms with Gasteiger partial charge in [-0.1, -0.05) is 30.8 Å². The Bertz CT molecular complexity index is 1340. The van der Waals surface area contributed by atoms with E-state index in [1.807, 2.05) is 6.92 Å². The maximum absolute atomic E-state index is 13.3. The molecule has 168 valence electrons. The van der Waals surface area contributed by atoms with Crippen LogP contribution >= 0.6 is 11.8 Å². The molecule has 0 bridgehead atoms. The molecule has 6 nitrogen and oxygen atoms in total. The van der Waals surface area contributed by atoms with Crippen LogP contribution in [0.2, 0.25) is 0 Å². The molecule has 4 aromatic rings. The number of hydrogen-bond acceptors (Lipinski definition) is 5. The third-order valence-electron chi connectivity index (χ3n) is 4.97. The molecule has 2 aromatic heterocycles. The lowest BCUT2D eigenvalue weighted by molar-refractivity contribution is -0.115. The maximum Gasteiger partial charge on any atom is 0.263 e. The summed E-state index contributed by atoms with van der Waals surface area (Å²) in [6, 6.07) is 14.6. The lowest BCUT2D eigenvalue weighted by Gasteiger charge is -2.18. The fourth-order valence-electron chi connectivity index (χ4n) is 3.24. The number of benzene rings is 2. The minimum absolute atomic E-state index is 0.162. The van der Waals surface area contributed by atoms with Crippen molar-refractivity contribution in [3.05, 3.63) is 94.4 Å². The molecule has 4 rings (SSSR count). The molecule has 1 atom stereocenters. The summed E-state index contributed by atoms with van der Waals surface area (Å²) < 4.78 is 28.0. The van der Waals surface area contributed by atoms with Crippen molar-refractivity contribution in [2.24, 2.45) is 0 Å². The van der Waals surface area contributed by atoms with Gasteiger partial charge < -0.3 is 5.32 Å². The number of carbonyl (C=O) groups excluding carboxylic acids is 1. The maximum atomic E-state index is 13.3. The summed E-state index contributed by atoms with van der Waals surface area (Å²) in [4.78, 5) is 34.9. The summed E-state index contributed by atoms with van der Waals surface area (Å²) in [5.74, 6) is -1.06. The molecule has 0 saturated carbocycles. The number of carbonyl (C=O) groups is 1. The highest BCUT2D eigenvalue weighted by Crippen LogP contribution is 2.26. The van der Waals surface area contributed by atoms with Crippen molar-refractivity contribution in [3.8, 4) is 0 Å². The van der Waals surface area contributed by atoms with Crippen LogP contribution in [0, 0.1) is 11.6 Å². The second-order valence-electron chi connectivity index (χ2n) is 7.30. The standard InChI is InChI=1S/C24H20F2N4O2S/c1-2-20(22(31)28-18-11-9-17(26)10-12-18)33-24-29-21-19(4-3-13-27-21)23(32)30(24)14-15-5-7-16(25)8-6-15/h3-13,20H,2,14H2,1H3,(H,28,31)/t20-/m0/s1. The molecule has 1 amide bonds. The van der Waals surface area contributed by atoms with Gasteiger partial charge in [0.05, 0.1) is 17.2 Å². The zero-order valence-electron chi connectivity index (χ0n) is 17.7. The zero-order valence-corrected chi connectivity index (χ0v) is 18.5. The monoisotopic (exact) mass is 466 g/mol. The minimum Gasteiger partial charge on any atom is -0.325 e. The largest absolute Gasteiger partial charge is 0.325 e. The summed E-state index contributed by atoms with van der Waals surface area (Å²) in [5.41, 5.74) is 1.18. The fourth-order valence-corrected chi connectivity index (χ4v) is 4.24. The summed E-state index contributed by atoms with van der Waals surface area (Å²) in [7, 11) is 0. The van der Waals surface area contributed by atoms with E-state index in [2.05, 4.69) is 15.3 Å². The number of hydrogen-bond donors (Lipinski definition) is 1. The molecular weight excluding hydrogens is 446 g/mol. The van der Waals surface area contributed by atoms with Crippen LogP contribution < -0.4 is 10.9 Å². The molecule has 1 N–H and O–H groups in total. The molecular formula is C24H20F2N4O2S. The second-order valence-corrected chi connectivity index (χ2v) is 8.47. The number of rotatable bonds is 7. The number of pyridine rings is 1. The molecule has 0 saturated heterocycles. The van der Waals surface area contributed by atoms with Gasteiger partial charge in [0.15, 0.2) is 10.8 Å². The average molecular weight is 467 g/mol. The highest BCUT2D eigenvalue weighted by molar-refractivity contribution is 8.00. The Balaban J connectivity index is 1.68. The van der Waals surface area contributed by atoms with E-state index < -0.39 is 11.1 Å². The number of nitrogens with zero attached hydrogens (tertiary/aromatic N) is 3. The van der Waals surface area contributed by atoms with Crippen molar-refractivity contribution in [3.63, 3.8) is 0 Å². The van der Waals surface area contributed by atoms with Crippen LogP contribution in [0.15, 0.2) is 76.8 Å². The van der Waals surface area contributed by atoms with Gasteiger partial charge in [0.2, 0.25) is 5.91 Å². The Kier molecular flexibility index (Phi) is 6.79. The van der Waals surface area contributed by atoms with E-state index in [0.717, 1.165) is 11.8 Å². The van der Waals surface area contributed by atoms with Gasteiger partial charge in [0, 0.05) is 11.9 Å². The van der Waals surface area contributed by atoms with Gasteiger partial charge in [-0.2, -0.15) is 0 Å². The lowest BCUT2D eigenvalue weighted by Crippen LogP contribution is -2.28. The number of aromatic nitrogens is 3. The van der Waals surface area contributed by atoms with Crippen molar-refractivity contribution >= 4 is 34.4 Å². The highest BCUT2D eigenvalue weighted by Gasteiger charge is 2.22. The topological polar surface area (TPSA) is 76.9 Å². The predicted octanol–water partition coefficient (Wildman–Crippen LogP) is 4.63. The number of thioether (sulfide) groups is 1. The van der Waals surface area contributed by atoms with Crippen molar-refractivity contribution in [2.75, 3.05) is 5.32 Å². The number of amides is 1. The van der Waals surface area contributed by atoms with E-state index in [4.69, 9.17) is 0 Å². The predicted molar refractivity (Wildman–Crippen MR) is 124 cm³/mol. The molecule has 0 unspecified atom stereocenters. The van der Waals surface area contributed by atoms with Crippen LogP contribution in [0.1, 0.15) is 18.9 Å². The van der Waals surface area contributed by atoms with Gasteiger partial charge in [0.25, 0.3) is 5.56 Å². The van der Waals surface area contributed by atoms with Crippen molar-refractivity contribution in [1.82, 2.24) is 14.5 Å². The van der Waals surface area contributed by atoms with E-state index in [-0.39, 0.29) is 29.5 Å². The second kappa shape index (κ2) is 9.91. The van der Waals surface area contributed by atoms with Crippen LogP contribution in [0.3, 0.4) is 0 Å². The smallest absolute Gasteiger partial charge is 0.263 e. The van der Waals surface area contributed by atoms with Crippen LogP contribution in [0.5, 0.6) is 0 Å². The first-order valence-corrected chi connectivity index (χ1v) is 11.2. The van der Waals surface area contributed by atoms with Gasteiger partial charge >= 0.3 is 0 Å².